The van der Waals surface area contributed by atoms with Gasteiger partial charge in [0.25, 0.3) is 0 Å². The smallest absolute Gasteiger partial charge is 0.0856 e. The molecule has 88 valence electrons. The first-order chi connectivity index (χ1) is 8.16. The molecule has 0 aliphatic heterocycles. The number of nitrogens with zero attached hydrogens (tertiary/aromatic N) is 1. The molecule has 0 aliphatic rings. The maximum Gasteiger partial charge on any atom is 0.0856 e. The van der Waals surface area contributed by atoms with Crippen molar-refractivity contribution in [3.05, 3.63) is 62.4 Å². The van der Waals surface area contributed by atoms with Gasteiger partial charge in [-0.1, -0.05) is 17.7 Å². The van der Waals surface area contributed by atoms with E-state index in [0.717, 1.165) is 14.8 Å². The van der Waals surface area contributed by atoms with E-state index >= 15 is 0 Å². The number of halogens is 2. The summed E-state index contributed by atoms with van der Waals surface area (Å²) in [5.41, 5.74) is 1.72. The summed E-state index contributed by atoms with van der Waals surface area (Å²) in [6.45, 7) is 0. The van der Waals surface area contributed by atoms with Crippen LogP contribution in [0.1, 0.15) is 17.4 Å². The molecule has 0 radical (unpaired) electrons. The Kier molecular flexibility index (Phi) is 4.36. The molecule has 17 heavy (non-hydrogen) atoms. The highest BCUT2D eigenvalue weighted by atomic mass is 127. The van der Waals surface area contributed by atoms with Gasteiger partial charge in [0.15, 0.2) is 0 Å². The zero-order valence-electron chi connectivity index (χ0n) is 8.98. The number of hydrogen-bond acceptors (Lipinski definition) is 2. The Bertz CT molecular complexity index is 504. The summed E-state index contributed by atoms with van der Waals surface area (Å²) in [5, 5.41) is 10.8. The van der Waals surface area contributed by atoms with Gasteiger partial charge in [-0.15, -0.1) is 0 Å². The van der Waals surface area contributed by atoms with E-state index in [1.165, 1.54) is 0 Å². The van der Waals surface area contributed by atoms with Crippen LogP contribution in [-0.4, -0.2) is 10.1 Å². The molecule has 0 amide bonds. The molecule has 0 bridgehead atoms. The van der Waals surface area contributed by atoms with E-state index in [0.29, 0.717) is 11.4 Å². The van der Waals surface area contributed by atoms with E-state index in [2.05, 4.69) is 27.6 Å². The van der Waals surface area contributed by atoms with Crippen LogP contribution >= 0.6 is 34.2 Å². The van der Waals surface area contributed by atoms with Crippen molar-refractivity contribution in [2.24, 2.45) is 0 Å². The van der Waals surface area contributed by atoms with Gasteiger partial charge in [-0.25, -0.2) is 0 Å². The molecular formula is C13H11ClINO. The summed E-state index contributed by atoms with van der Waals surface area (Å²) in [7, 11) is 0. The van der Waals surface area contributed by atoms with E-state index in [1.807, 2.05) is 30.3 Å². The van der Waals surface area contributed by atoms with Crippen LogP contribution in [0.5, 0.6) is 0 Å². The average Bonchev–Trinajstić information content (AvgIpc) is 2.33. The maximum atomic E-state index is 10.2. The zero-order chi connectivity index (χ0) is 12.3. The van der Waals surface area contributed by atoms with Gasteiger partial charge < -0.3 is 5.11 Å². The molecule has 1 aromatic carbocycles. The topological polar surface area (TPSA) is 33.1 Å². The Balaban J connectivity index is 2.20. The Hall–Kier alpha value is -0.650. The lowest BCUT2D eigenvalue weighted by Crippen LogP contribution is -2.05. The summed E-state index contributed by atoms with van der Waals surface area (Å²) in [5.74, 6) is 0. The minimum absolute atomic E-state index is 0.497. The molecule has 2 aromatic rings. The van der Waals surface area contributed by atoms with E-state index in [-0.39, 0.29) is 0 Å². The van der Waals surface area contributed by atoms with Crippen molar-refractivity contribution in [3.8, 4) is 0 Å². The molecule has 4 heteroatoms. The third-order valence-corrected chi connectivity index (χ3v) is 3.66. The molecule has 2 nitrogen and oxygen atoms in total. The van der Waals surface area contributed by atoms with Crippen molar-refractivity contribution in [1.29, 1.82) is 0 Å². The van der Waals surface area contributed by atoms with Crippen LogP contribution in [0.4, 0.5) is 0 Å². The van der Waals surface area contributed by atoms with Gasteiger partial charge in [0.1, 0.15) is 0 Å². The molecule has 1 N–H and O–H groups in total. The van der Waals surface area contributed by atoms with Crippen LogP contribution < -0.4 is 0 Å². The van der Waals surface area contributed by atoms with E-state index < -0.39 is 6.10 Å². The fraction of sp³-hybridized carbons (Fsp3) is 0.154. The molecule has 1 heterocycles. The number of pyridine rings is 1. The van der Waals surface area contributed by atoms with E-state index in [1.54, 1.807) is 12.3 Å². The molecule has 1 unspecified atom stereocenters. The molecule has 1 aromatic heterocycles. The first kappa shape index (κ1) is 12.8. The molecule has 0 saturated carbocycles. The number of benzene rings is 1. The molecule has 0 saturated heterocycles. The fourth-order valence-electron chi connectivity index (χ4n) is 1.60. The Labute approximate surface area is 119 Å². The fourth-order valence-corrected chi connectivity index (χ4v) is 2.47. The maximum absolute atomic E-state index is 10.2. The van der Waals surface area contributed by atoms with Crippen LogP contribution in [0.15, 0.2) is 42.6 Å². The quantitative estimate of drug-likeness (QED) is 0.849. The van der Waals surface area contributed by atoms with Crippen molar-refractivity contribution in [3.63, 3.8) is 0 Å². The van der Waals surface area contributed by atoms with Crippen LogP contribution in [0, 0.1) is 3.57 Å². The molecule has 2 rings (SSSR count). The van der Waals surface area contributed by atoms with E-state index in [9.17, 15) is 5.11 Å². The highest BCUT2D eigenvalue weighted by Gasteiger charge is 2.13. The van der Waals surface area contributed by atoms with Crippen LogP contribution in [0.3, 0.4) is 0 Å². The molecule has 0 spiro atoms. The third kappa shape index (κ3) is 3.40. The average molecular weight is 360 g/mol. The lowest BCUT2D eigenvalue weighted by atomic mass is 10.0. The van der Waals surface area contributed by atoms with Crippen molar-refractivity contribution < 1.29 is 5.11 Å². The van der Waals surface area contributed by atoms with Crippen molar-refractivity contribution >= 4 is 34.2 Å². The third-order valence-electron chi connectivity index (χ3n) is 2.45. The molecule has 0 aliphatic carbocycles. The van der Waals surface area contributed by atoms with Crippen molar-refractivity contribution in [2.75, 3.05) is 0 Å². The SMILES string of the molecule is OC(Cc1ccccn1)c1cc(Cl)ccc1I. The van der Waals surface area contributed by atoms with Crippen LogP contribution in [-0.2, 0) is 6.42 Å². The summed E-state index contributed by atoms with van der Waals surface area (Å²) >= 11 is 8.13. The van der Waals surface area contributed by atoms with Gasteiger partial charge in [0.2, 0.25) is 0 Å². The van der Waals surface area contributed by atoms with Gasteiger partial charge >= 0.3 is 0 Å². The molecule has 0 fully saturated rings. The number of hydrogen-bond donors (Lipinski definition) is 1. The summed E-state index contributed by atoms with van der Waals surface area (Å²) in [4.78, 5) is 4.20. The molecular weight excluding hydrogens is 349 g/mol. The summed E-state index contributed by atoms with van der Waals surface area (Å²) in [6, 6.07) is 11.2. The van der Waals surface area contributed by atoms with Crippen molar-refractivity contribution in [2.45, 2.75) is 12.5 Å². The van der Waals surface area contributed by atoms with Crippen LogP contribution in [0.25, 0.3) is 0 Å². The summed E-state index contributed by atoms with van der Waals surface area (Å²) < 4.78 is 1.01. The monoisotopic (exact) mass is 359 g/mol. The second kappa shape index (κ2) is 5.80. The Morgan fingerprint density at radius 3 is 2.82 bits per heavy atom. The van der Waals surface area contributed by atoms with Crippen molar-refractivity contribution in [1.82, 2.24) is 4.98 Å². The predicted octanol–water partition coefficient (Wildman–Crippen LogP) is 3.62. The number of aromatic nitrogens is 1. The first-order valence-electron chi connectivity index (χ1n) is 5.20. The normalized spacial score (nSPS) is 12.4. The standard InChI is InChI=1S/C13H11ClINO/c14-9-4-5-12(15)11(7-9)13(17)8-10-3-1-2-6-16-10/h1-7,13,17H,8H2. The van der Waals surface area contributed by atoms with Crippen LogP contribution in [0.2, 0.25) is 5.02 Å². The van der Waals surface area contributed by atoms with Gasteiger partial charge in [-0.2, -0.15) is 0 Å². The van der Waals surface area contributed by atoms with Gasteiger partial charge in [-0.05, 0) is 58.5 Å². The van der Waals surface area contributed by atoms with Gasteiger partial charge in [-0.3, -0.25) is 4.98 Å². The molecule has 1 atom stereocenters. The van der Waals surface area contributed by atoms with Gasteiger partial charge in [0, 0.05) is 26.9 Å². The van der Waals surface area contributed by atoms with Gasteiger partial charge in [0.05, 0.1) is 6.10 Å². The number of rotatable bonds is 3. The summed E-state index contributed by atoms with van der Waals surface area (Å²) in [6.07, 6.45) is 1.65. The Morgan fingerprint density at radius 2 is 2.12 bits per heavy atom. The number of aliphatic hydroxyl groups excluding tert-OH is 1. The first-order valence-corrected chi connectivity index (χ1v) is 6.65. The lowest BCUT2D eigenvalue weighted by Gasteiger charge is -2.12. The Morgan fingerprint density at radius 1 is 1.29 bits per heavy atom. The lowest BCUT2D eigenvalue weighted by molar-refractivity contribution is 0.176. The minimum atomic E-state index is -0.574. The number of aliphatic hydroxyl groups is 1. The highest BCUT2D eigenvalue weighted by Crippen LogP contribution is 2.25. The predicted molar refractivity (Wildman–Crippen MR) is 77.1 cm³/mol. The highest BCUT2D eigenvalue weighted by molar-refractivity contribution is 14.1. The van der Waals surface area contributed by atoms with E-state index in [4.69, 9.17) is 11.6 Å². The zero-order valence-corrected chi connectivity index (χ0v) is 11.9. The largest absolute Gasteiger partial charge is 0.388 e. The second-order valence-corrected chi connectivity index (χ2v) is 5.31. The minimum Gasteiger partial charge on any atom is -0.388 e. The second-order valence-electron chi connectivity index (χ2n) is 3.71.